The molecule has 1 aromatic carbocycles. The molecule has 1 aromatic rings. The molecule has 1 rings (SSSR count). The number of rotatable bonds is 6. The Hall–Kier alpha value is -1.81. The molecular weight excluding hydrogens is 242 g/mol. The first-order valence-corrected chi connectivity index (χ1v) is 6.29. The van der Waals surface area contributed by atoms with Gasteiger partial charge in [-0.25, -0.2) is 0 Å². The van der Waals surface area contributed by atoms with Crippen LogP contribution >= 0.6 is 0 Å². The first-order chi connectivity index (χ1) is 8.95. The quantitative estimate of drug-likeness (QED) is 0.773. The number of hydrogen-bond donors (Lipinski definition) is 2. The average Bonchev–Trinajstić information content (AvgIpc) is 2.37. The number of benzene rings is 1. The van der Waals surface area contributed by atoms with E-state index in [2.05, 4.69) is 11.9 Å². The maximum absolute atomic E-state index is 11.7. The van der Waals surface area contributed by atoms with Crippen molar-refractivity contribution < 1.29 is 14.6 Å². The summed E-state index contributed by atoms with van der Waals surface area (Å²) < 4.78 is 5.61. The van der Waals surface area contributed by atoms with Gasteiger partial charge in [0.15, 0.2) is 6.10 Å². The van der Waals surface area contributed by atoms with Crippen molar-refractivity contribution in [2.45, 2.75) is 33.0 Å². The number of aliphatic hydroxyl groups is 1. The predicted molar refractivity (Wildman–Crippen MR) is 75.1 cm³/mol. The third-order valence-corrected chi connectivity index (χ3v) is 2.77. The van der Waals surface area contributed by atoms with Crippen molar-refractivity contribution in [1.29, 1.82) is 0 Å². The Bertz CT molecular complexity index is 455. The van der Waals surface area contributed by atoms with Gasteiger partial charge in [0.2, 0.25) is 0 Å². The van der Waals surface area contributed by atoms with Crippen molar-refractivity contribution in [2.75, 3.05) is 6.54 Å². The number of aryl methyl sites for hydroxylation is 1. The summed E-state index contributed by atoms with van der Waals surface area (Å²) in [7, 11) is 0. The average molecular weight is 263 g/mol. The standard InChI is InChI=1S/C15H21NO3/c1-5-8-16-15(18)12(4)19-14-7-6-13(11(3)17)9-10(14)2/h5-7,9,11-12,17H,1,8H2,2-4H3,(H,16,18). The summed E-state index contributed by atoms with van der Waals surface area (Å²) in [6.07, 6.45) is 0.532. The van der Waals surface area contributed by atoms with E-state index in [4.69, 9.17) is 4.74 Å². The maximum atomic E-state index is 11.7. The van der Waals surface area contributed by atoms with Gasteiger partial charge >= 0.3 is 0 Å². The first-order valence-electron chi connectivity index (χ1n) is 6.29. The topological polar surface area (TPSA) is 58.6 Å². The van der Waals surface area contributed by atoms with Crippen LogP contribution in [0.2, 0.25) is 0 Å². The summed E-state index contributed by atoms with van der Waals surface area (Å²) in [6, 6.07) is 5.42. The van der Waals surface area contributed by atoms with E-state index < -0.39 is 12.2 Å². The minimum Gasteiger partial charge on any atom is -0.481 e. The molecule has 0 aliphatic carbocycles. The molecule has 4 nitrogen and oxygen atoms in total. The van der Waals surface area contributed by atoms with Gasteiger partial charge < -0.3 is 15.2 Å². The number of aliphatic hydroxyl groups excluding tert-OH is 1. The smallest absolute Gasteiger partial charge is 0.261 e. The van der Waals surface area contributed by atoms with Crippen LogP contribution in [-0.2, 0) is 4.79 Å². The minimum absolute atomic E-state index is 0.182. The van der Waals surface area contributed by atoms with Gasteiger partial charge in [0.1, 0.15) is 5.75 Å². The van der Waals surface area contributed by atoms with Crippen LogP contribution in [0.25, 0.3) is 0 Å². The number of carbonyl (C=O) groups excluding carboxylic acids is 1. The molecule has 2 atom stereocenters. The number of ether oxygens (including phenoxy) is 1. The molecule has 0 fully saturated rings. The van der Waals surface area contributed by atoms with E-state index in [1.165, 1.54) is 0 Å². The lowest BCUT2D eigenvalue weighted by Crippen LogP contribution is -2.36. The van der Waals surface area contributed by atoms with E-state index in [9.17, 15) is 9.90 Å². The van der Waals surface area contributed by atoms with Crippen LogP contribution in [0, 0.1) is 6.92 Å². The Balaban J connectivity index is 2.71. The van der Waals surface area contributed by atoms with Gasteiger partial charge in [-0.2, -0.15) is 0 Å². The molecule has 4 heteroatoms. The molecule has 0 saturated carbocycles. The van der Waals surface area contributed by atoms with Crippen LogP contribution < -0.4 is 10.1 Å². The SMILES string of the molecule is C=CCNC(=O)C(C)Oc1ccc(C(C)O)cc1C. The third-order valence-electron chi connectivity index (χ3n) is 2.77. The molecule has 0 aliphatic heterocycles. The van der Waals surface area contributed by atoms with E-state index in [1.54, 1.807) is 32.1 Å². The van der Waals surface area contributed by atoms with E-state index in [-0.39, 0.29) is 5.91 Å². The van der Waals surface area contributed by atoms with Crippen molar-refractivity contribution in [3.8, 4) is 5.75 Å². The zero-order chi connectivity index (χ0) is 14.4. The lowest BCUT2D eigenvalue weighted by molar-refractivity contribution is -0.127. The van der Waals surface area contributed by atoms with Crippen LogP contribution in [0.5, 0.6) is 5.75 Å². The second-order valence-electron chi connectivity index (χ2n) is 4.49. The monoisotopic (exact) mass is 263 g/mol. The molecule has 0 saturated heterocycles. The van der Waals surface area contributed by atoms with Gasteiger partial charge in [-0.3, -0.25) is 4.79 Å². The largest absolute Gasteiger partial charge is 0.481 e. The van der Waals surface area contributed by atoms with Crippen LogP contribution in [0.3, 0.4) is 0 Å². The molecule has 2 unspecified atom stereocenters. The van der Waals surface area contributed by atoms with Gasteiger partial charge in [0, 0.05) is 6.54 Å². The maximum Gasteiger partial charge on any atom is 0.261 e. The molecular formula is C15H21NO3. The fourth-order valence-corrected chi connectivity index (χ4v) is 1.63. The van der Waals surface area contributed by atoms with E-state index in [1.807, 2.05) is 13.0 Å². The van der Waals surface area contributed by atoms with Crippen LogP contribution in [0.15, 0.2) is 30.9 Å². The zero-order valence-corrected chi connectivity index (χ0v) is 11.6. The number of carbonyl (C=O) groups is 1. The second-order valence-corrected chi connectivity index (χ2v) is 4.49. The molecule has 0 aromatic heterocycles. The normalized spacial score (nSPS) is 13.5. The van der Waals surface area contributed by atoms with Gasteiger partial charge in [0.05, 0.1) is 6.10 Å². The highest BCUT2D eigenvalue weighted by Crippen LogP contribution is 2.23. The van der Waals surface area contributed by atoms with Crippen molar-refractivity contribution >= 4 is 5.91 Å². The highest BCUT2D eigenvalue weighted by Gasteiger charge is 2.15. The highest BCUT2D eigenvalue weighted by atomic mass is 16.5. The molecule has 1 amide bonds. The van der Waals surface area contributed by atoms with Gasteiger partial charge in [-0.1, -0.05) is 12.1 Å². The van der Waals surface area contributed by atoms with Gasteiger partial charge in [-0.15, -0.1) is 6.58 Å². The van der Waals surface area contributed by atoms with Crippen LogP contribution in [-0.4, -0.2) is 23.7 Å². The summed E-state index contributed by atoms with van der Waals surface area (Å²) in [5.74, 6) is 0.463. The summed E-state index contributed by atoms with van der Waals surface area (Å²) in [5, 5.41) is 12.2. The molecule has 19 heavy (non-hydrogen) atoms. The van der Waals surface area contributed by atoms with Crippen molar-refractivity contribution in [3.63, 3.8) is 0 Å². The van der Waals surface area contributed by atoms with Crippen molar-refractivity contribution in [1.82, 2.24) is 5.32 Å². The number of nitrogens with one attached hydrogen (secondary N) is 1. The molecule has 2 N–H and O–H groups in total. The fourth-order valence-electron chi connectivity index (χ4n) is 1.63. The molecule has 0 spiro atoms. The van der Waals surface area contributed by atoms with Crippen molar-refractivity contribution in [3.05, 3.63) is 42.0 Å². The lowest BCUT2D eigenvalue weighted by atomic mass is 10.1. The fraction of sp³-hybridized carbons (Fsp3) is 0.400. The lowest BCUT2D eigenvalue weighted by Gasteiger charge is -2.17. The summed E-state index contributed by atoms with van der Waals surface area (Å²) in [6.45, 7) is 9.25. The van der Waals surface area contributed by atoms with Crippen LogP contribution in [0.4, 0.5) is 0 Å². The Labute approximate surface area is 114 Å². The third kappa shape index (κ3) is 4.41. The Kier molecular flexibility index (Phi) is 5.57. The van der Waals surface area contributed by atoms with Gasteiger partial charge in [0.25, 0.3) is 5.91 Å². The highest BCUT2D eigenvalue weighted by molar-refractivity contribution is 5.80. The summed E-state index contributed by atoms with van der Waals surface area (Å²) in [5.41, 5.74) is 1.72. The number of hydrogen-bond acceptors (Lipinski definition) is 3. The predicted octanol–water partition coefficient (Wildman–Crippen LogP) is 2.12. The van der Waals surface area contributed by atoms with Crippen LogP contribution in [0.1, 0.15) is 31.1 Å². The zero-order valence-electron chi connectivity index (χ0n) is 11.6. The Morgan fingerprint density at radius 2 is 2.21 bits per heavy atom. The van der Waals surface area contributed by atoms with E-state index in [0.717, 1.165) is 11.1 Å². The second kappa shape index (κ2) is 6.95. The molecule has 0 bridgehead atoms. The number of amides is 1. The Morgan fingerprint density at radius 3 is 2.74 bits per heavy atom. The summed E-state index contributed by atoms with van der Waals surface area (Å²) >= 11 is 0. The van der Waals surface area contributed by atoms with E-state index >= 15 is 0 Å². The minimum atomic E-state index is -0.573. The van der Waals surface area contributed by atoms with Gasteiger partial charge in [-0.05, 0) is 44.0 Å². The molecule has 0 aliphatic rings. The molecule has 0 heterocycles. The summed E-state index contributed by atoms with van der Waals surface area (Å²) in [4.78, 5) is 11.7. The Morgan fingerprint density at radius 1 is 1.53 bits per heavy atom. The first kappa shape index (κ1) is 15.2. The van der Waals surface area contributed by atoms with Crippen molar-refractivity contribution in [2.24, 2.45) is 0 Å². The van der Waals surface area contributed by atoms with E-state index in [0.29, 0.717) is 12.3 Å². The molecule has 104 valence electrons. The molecule has 0 radical (unpaired) electrons.